The number of hydrogen-bond acceptors (Lipinski definition) is 7. The molecule has 2 rings (SSSR count). The number of sulfonamides is 1. The number of nitrogens with zero attached hydrogens (tertiary/aromatic N) is 4. The number of nitrogens with one attached hydrogen (secondary N) is 2. The van der Waals surface area contributed by atoms with E-state index in [-0.39, 0.29) is 11.8 Å². The highest BCUT2D eigenvalue weighted by Gasteiger charge is 2.20. The highest BCUT2D eigenvalue weighted by Crippen LogP contribution is 2.17. The summed E-state index contributed by atoms with van der Waals surface area (Å²) in [5.41, 5.74) is 0.961. The Labute approximate surface area is 146 Å². The maximum absolute atomic E-state index is 12.1. The quantitative estimate of drug-likeness (QED) is 0.738. The van der Waals surface area contributed by atoms with Crippen LogP contribution in [-0.2, 0) is 22.8 Å². The van der Waals surface area contributed by atoms with Crippen molar-refractivity contribution in [3.8, 4) is 5.88 Å². The second-order valence-corrected chi connectivity index (χ2v) is 7.33. The minimum absolute atomic E-state index is 0.0683. The van der Waals surface area contributed by atoms with Gasteiger partial charge in [-0.1, -0.05) is 0 Å². The van der Waals surface area contributed by atoms with Gasteiger partial charge in [-0.2, -0.15) is 10.1 Å². The van der Waals surface area contributed by atoms with Gasteiger partial charge in [-0.05, 0) is 22.9 Å². The molecule has 12 heteroatoms. The number of rotatable bonds is 5. The van der Waals surface area contributed by atoms with Crippen molar-refractivity contribution in [1.29, 1.82) is 0 Å². The maximum Gasteiger partial charge on any atom is 0.335 e. The Morgan fingerprint density at radius 3 is 2.71 bits per heavy atom. The molecule has 0 aromatic carbocycles. The summed E-state index contributed by atoms with van der Waals surface area (Å²) in [6.07, 6.45) is 1.47. The Morgan fingerprint density at radius 1 is 1.42 bits per heavy atom. The zero-order chi connectivity index (χ0) is 17.9. The maximum atomic E-state index is 12.1. The lowest BCUT2D eigenvalue weighted by atomic mass is 10.4. The molecule has 10 nitrogen and oxygen atoms in total. The number of halogens is 1. The minimum atomic E-state index is -3.93. The van der Waals surface area contributed by atoms with E-state index in [0.717, 1.165) is 0 Å². The van der Waals surface area contributed by atoms with E-state index in [9.17, 15) is 13.2 Å². The van der Waals surface area contributed by atoms with Crippen LogP contribution in [-0.4, -0.2) is 41.3 Å². The second-order valence-electron chi connectivity index (χ2n) is 4.75. The first kappa shape index (κ1) is 18.1. The number of aryl methyl sites for hydroxylation is 2. The predicted molar refractivity (Wildman–Crippen MR) is 89.0 cm³/mol. The Morgan fingerprint density at radius 2 is 2.12 bits per heavy atom. The van der Waals surface area contributed by atoms with Gasteiger partial charge < -0.3 is 4.74 Å². The van der Waals surface area contributed by atoms with E-state index in [1.807, 2.05) is 4.72 Å². The van der Waals surface area contributed by atoms with Crippen LogP contribution in [0.5, 0.6) is 5.88 Å². The molecule has 0 bridgehead atoms. The van der Waals surface area contributed by atoms with Crippen molar-refractivity contribution in [1.82, 2.24) is 24.5 Å². The van der Waals surface area contributed by atoms with Gasteiger partial charge in [0.1, 0.15) is 5.75 Å². The summed E-state index contributed by atoms with van der Waals surface area (Å²) in [5, 5.41) is 6.18. The smallest absolute Gasteiger partial charge is 0.335 e. The van der Waals surface area contributed by atoms with E-state index < -0.39 is 21.8 Å². The van der Waals surface area contributed by atoms with Crippen LogP contribution in [0.2, 0.25) is 0 Å². The van der Waals surface area contributed by atoms with Crippen LogP contribution in [0.15, 0.2) is 16.7 Å². The molecule has 24 heavy (non-hydrogen) atoms. The normalized spacial score (nSPS) is 11.2. The van der Waals surface area contributed by atoms with E-state index in [1.54, 1.807) is 20.0 Å². The topological polar surface area (TPSA) is 128 Å². The number of carbonyl (C=O) groups excluding carboxylic acids is 1. The van der Waals surface area contributed by atoms with Gasteiger partial charge in [0, 0.05) is 18.8 Å². The third-order valence-corrected chi connectivity index (χ3v) is 4.66. The van der Waals surface area contributed by atoms with Crippen molar-refractivity contribution in [2.24, 2.45) is 7.05 Å². The number of aromatic nitrogens is 4. The molecule has 2 aromatic heterocycles. The zero-order valence-corrected chi connectivity index (χ0v) is 15.5. The molecule has 2 N–H and O–H groups in total. The van der Waals surface area contributed by atoms with E-state index in [1.165, 1.54) is 18.0 Å². The van der Waals surface area contributed by atoms with Gasteiger partial charge in [0.05, 0.1) is 23.5 Å². The van der Waals surface area contributed by atoms with Gasteiger partial charge in [0.15, 0.2) is 0 Å². The summed E-state index contributed by atoms with van der Waals surface area (Å²) in [6, 6.07) is 0.598. The van der Waals surface area contributed by atoms with Crippen LogP contribution in [0.3, 0.4) is 0 Å². The van der Waals surface area contributed by atoms with Gasteiger partial charge in [0.25, 0.3) is 0 Å². The van der Waals surface area contributed by atoms with E-state index in [4.69, 9.17) is 4.74 Å². The van der Waals surface area contributed by atoms with Crippen LogP contribution >= 0.6 is 15.9 Å². The number of hydrogen-bond donors (Lipinski definition) is 2. The molecule has 0 unspecified atom stereocenters. The zero-order valence-electron chi connectivity index (χ0n) is 13.1. The first-order valence-corrected chi connectivity index (χ1v) is 9.02. The number of urea groups is 1. The SMILES string of the molecule is COc1cc(C)nc(NC(=O)NS(=O)(=O)Cc2c(Br)cnn2C)n1. The second kappa shape index (κ2) is 7.13. The average molecular weight is 419 g/mol. The molecule has 2 heterocycles. The lowest BCUT2D eigenvalue weighted by Crippen LogP contribution is -2.36. The van der Waals surface area contributed by atoms with Crippen LogP contribution in [0.1, 0.15) is 11.4 Å². The Bertz CT molecular complexity index is 847. The molecule has 130 valence electrons. The summed E-state index contributed by atoms with van der Waals surface area (Å²) in [5.74, 6) is -0.240. The van der Waals surface area contributed by atoms with Crippen molar-refractivity contribution in [3.63, 3.8) is 0 Å². The van der Waals surface area contributed by atoms with E-state index in [2.05, 4.69) is 36.3 Å². The number of methoxy groups -OCH3 is 1. The number of carbonyl (C=O) groups is 1. The van der Waals surface area contributed by atoms with Crippen molar-refractivity contribution >= 4 is 37.9 Å². The molecule has 2 amide bonds. The molecular formula is C12H15BrN6O4S. The summed E-state index contributed by atoms with van der Waals surface area (Å²) >= 11 is 3.20. The van der Waals surface area contributed by atoms with Crippen LogP contribution < -0.4 is 14.8 Å². The summed E-state index contributed by atoms with van der Waals surface area (Å²) < 4.78 is 33.0. The van der Waals surface area contributed by atoms with Crippen molar-refractivity contribution in [2.75, 3.05) is 12.4 Å². The van der Waals surface area contributed by atoms with Gasteiger partial charge >= 0.3 is 6.03 Å². The molecule has 0 aliphatic carbocycles. The molecule has 0 saturated heterocycles. The first-order chi connectivity index (χ1) is 11.2. The van der Waals surface area contributed by atoms with E-state index >= 15 is 0 Å². The lowest BCUT2D eigenvalue weighted by molar-refractivity contribution is 0.256. The molecule has 0 spiro atoms. The van der Waals surface area contributed by atoms with Crippen LogP contribution in [0.4, 0.5) is 10.7 Å². The summed E-state index contributed by atoms with van der Waals surface area (Å²) in [7, 11) is -0.916. The third kappa shape index (κ3) is 4.64. The molecule has 0 radical (unpaired) electrons. The Hall–Kier alpha value is -2.21. The van der Waals surface area contributed by atoms with Crippen LogP contribution in [0, 0.1) is 6.92 Å². The highest BCUT2D eigenvalue weighted by molar-refractivity contribution is 9.10. The lowest BCUT2D eigenvalue weighted by Gasteiger charge is -2.09. The third-order valence-electron chi connectivity index (χ3n) is 2.85. The van der Waals surface area contributed by atoms with E-state index in [0.29, 0.717) is 15.9 Å². The fraction of sp³-hybridized carbons (Fsp3) is 0.333. The van der Waals surface area contributed by atoms with Gasteiger partial charge in [0.2, 0.25) is 21.9 Å². The van der Waals surface area contributed by atoms with Gasteiger partial charge in [-0.25, -0.2) is 22.9 Å². The Kier molecular flexibility index (Phi) is 5.39. The van der Waals surface area contributed by atoms with Crippen molar-refractivity contribution in [2.45, 2.75) is 12.7 Å². The minimum Gasteiger partial charge on any atom is -0.481 e. The van der Waals surface area contributed by atoms with Crippen molar-refractivity contribution < 1.29 is 17.9 Å². The highest BCUT2D eigenvalue weighted by atomic mass is 79.9. The molecule has 0 fully saturated rings. The molecule has 0 aliphatic rings. The van der Waals surface area contributed by atoms with Crippen molar-refractivity contribution in [3.05, 3.63) is 28.1 Å². The Balaban J connectivity index is 2.07. The van der Waals surface area contributed by atoms with Gasteiger partial charge in [-0.3, -0.25) is 10.00 Å². The fourth-order valence-electron chi connectivity index (χ4n) is 1.78. The average Bonchev–Trinajstić information content (AvgIpc) is 2.77. The number of ether oxygens (including phenoxy) is 1. The molecule has 2 aromatic rings. The molecule has 0 atom stereocenters. The standard InChI is InChI=1S/C12H15BrN6O4S/c1-7-4-10(23-3)16-11(15-7)17-12(20)18-24(21,22)6-9-8(13)5-14-19(9)2/h4-5H,6H2,1-3H3,(H2,15,16,17,18,20). The van der Waals surface area contributed by atoms with Crippen LogP contribution in [0.25, 0.3) is 0 Å². The number of amides is 2. The monoisotopic (exact) mass is 418 g/mol. The summed E-state index contributed by atoms with van der Waals surface area (Å²) in [4.78, 5) is 19.8. The predicted octanol–water partition coefficient (Wildman–Crippen LogP) is 0.941. The first-order valence-electron chi connectivity index (χ1n) is 6.57. The molecular weight excluding hydrogens is 404 g/mol. The molecule has 0 aliphatic heterocycles. The molecule has 0 saturated carbocycles. The largest absolute Gasteiger partial charge is 0.481 e. The number of anilines is 1. The fourth-order valence-corrected chi connectivity index (χ4v) is 3.56. The van der Waals surface area contributed by atoms with Gasteiger partial charge in [-0.15, -0.1) is 0 Å². The summed E-state index contributed by atoms with van der Waals surface area (Å²) in [6.45, 7) is 1.68.